The minimum absolute atomic E-state index is 0.0415. The van der Waals surface area contributed by atoms with E-state index in [1.807, 2.05) is 13.2 Å². The van der Waals surface area contributed by atoms with Gasteiger partial charge in [-0.25, -0.2) is 4.68 Å². The number of anilines is 1. The number of aromatic nitrogens is 5. The second-order valence-electron chi connectivity index (χ2n) is 7.14. The minimum Gasteiger partial charge on any atom is -0.378 e. The molecule has 138 valence electrons. The summed E-state index contributed by atoms with van der Waals surface area (Å²) in [5.41, 5.74) is -0.170. The largest absolute Gasteiger partial charge is 0.378 e. The number of aryl methyl sites for hydroxylation is 1. The highest BCUT2D eigenvalue weighted by atomic mass is 16.7. The second kappa shape index (κ2) is 5.60. The molecule has 26 heavy (non-hydrogen) atoms. The van der Waals surface area contributed by atoms with E-state index >= 15 is 0 Å². The Morgan fingerprint density at radius 3 is 3.04 bits per heavy atom. The van der Waals surface area contributed by atoms with Gasteiger partial charge in [0.25, 0.3) is 5.91 Å². The lowest BCUT2D eigenvalue weighted by Gasteiger charge is -2.34. The van der Waals surface area contributed by atoms with Crippen molar-refractivity contribution < 1.29 is 19.4 Å². The molecule has 2 unspecified atom stereocenters. The number of hydrogen-bond acceptors (Lipinski definition) is 7. The van der Waals surface area contributed by atoms with E-state index in [0.717, 1.165) is 5.69 Å². The molecule has 1 N–H and O–H groups in total. The van der Waals surface area contributed by atoms with Crippen LogP contribution in [0.5, 0.6) is 0 Å². The summed E-state index contributed by atoms with van der Waals surface area (Å²) in [7, 11) is 1.81. The van der Waals surface area contributed by atoms with Crippen LogP contribution in [0, 0.1) is 0 Å². The van der Waals surface area contributed by atoms with Crippen molar-refractivity contribution in [2.24, 2.45) is 7.05 Å². The monoisotopic (exact) mass is 360 g/mol. The first-order valence-corrected chi connectivity index (χ1v) is 8.76. The Hall–Kier alpha value is -2.30. The lowest BCUT2D eigenvalue weighted by Crippen LogP contribution is -2.44. The first-order chi connectivity index (χ1) is 12.5. The van der Waals surface area contributed by atoms with Crippen LogP contribution in [-0.4, -0.2) is 61.3 Å². The molecule has 2 bridgehead atoms. The molecule has 3 saturated heterocycles. The Morgan fingerprint density at radius 2 is 2.23 bits per heavy atom. The van der Waals surface area contributed by atoms with Crippen LogP contribution < -0.4 is 4.90 Å². The molecule has 4 atom stereocenters. The Labute approximate surface area is 149 Å². The van der Waals surface area contributed by atoms with Crippen molar-refractivity contribution in [2.45, 2.75) is 43.3 Å². The van der Waals surface area contributed by atoms with E-state index in [2.05, 4.69) is 15.4 Å². The van der Waals surface area contributed by atoms with Gasteiger partial charge in [0.15, 0.2) is 11.9 Å². The van der Waals surface area contributed by atoms with E-state index in [1.165, 1.54) is 4.68 Å². The molecule has 3 aliphatic heterocycles. The van der Waals surface area contributed by atoms with E-state index in [-0.39, 0.29) is 12.0 Å². The van der Waals surface area contributed by atoms with E-state index < -0.39 is 17.9 Å². The van der Waals surface area contributed by atoms with Gasteiger partial charge < -0.3 is 19.5 Å². The van der Waals surface area contributed by atoms with Crippen molar-refractivity contribution in [3.63, 3.8) is 0 Å². The minimum atomic E-state index is -1.32. The summed E-state index contributed by atoms with van der Waals surface area (Å²) in [6, 6.07) is -0.443. The lowest BCUT2D eigenvalue weighted by atomic mass is 9.90. The summed E-state index contributed by atoms with van der Waals surface area (Å²) >= 11 is 0. The van der Waals surface area contributed by atoms with Crippen molar-refractivity contribution in [1.82, 2.24) is 24.8 Å². The zero-order chi connectivity index (χ0) is 17.9. The fourth-order valence-corrected chi connectivity index (χ4v) is 3.94. The third-order valence-electron chi connectivity index (χ3n) is 5.44. The van der Waals surface area contributed by atoms with Gasteiger partial charge in [-0.15, -0.1) is 5.10 Å². The lowest BCUT2D eigenvalue weighted by molar-refractivity contribution is -0.219. The van der Waals surface area contributed by atoms with Gasteiger partial charge in [0.2, 0.25) is 0 Å². The molecule has 0 spiro atoms. The maximum Gasteiger partial charge on any atom is 0.252 e. The summed E-state index contributed by atoms with van der Waals surface area (Å²) in [5, 5.41) is 23.4. The fraction of sp³-hybridized carbons (Fsp3) is 0.625. The molecule has 0 aliphatic carbocycles. The number of rotatable bonds is 3. The molecular formula is C16H20N6O4. The van der Waals surface area contributed by atoms with Crippen LogP contribution in [0.3, 0.4) is 0 Å². The van der Waals surface area contributed by atoms with E-state index in [1.54, 1.807) is 22.0 Å². The molecule has 0 saturated carbocycles. The Balaban J connectivity index is 1.38. The van der Waals surface area contributed by atoms with Crippen molar-refractivity contribution >= 4 is 11.6 Å². The smallest absolute Gasteiger partial charge is 0.252 e. The van der Waals surface area contributed by atoms with Crippen LogP contribution in [0.2, 0.25) is 0 Å². The summed E-state index contributed by atoms with van der Waals surface area (Å²) in [5.74, 6) is -0.0569. The number of ether oxygens (including phenoxy) is 2. The summed E-state index contributed by atoms with van der Waals surface area (Å²) < 4.78 is 14.4. The number of nitrogens with zero attached hydrogens (tertiary/aromatic N) is 6. The highest BCUT2D eigenvalue weighted by Crippen LogP contribution is 2.41. The Morgan fingerprint density at radius 1 is 1.35 bits per heavy atom. The van der Waals surface area contributed by atoms with Gasteiger partial charge >= 0.3 is 0 Å². The molecule has 3 fully saturated rings. The first kappa shape index (κ1) is 15.9. The number of aliphatic hydroxyl groups is 1. The van der Waals surface area contributed by atoms with Crippen molar-refractivity contribution in [3.05, 3.63) is 24.3 Å². The molecule has 5 rings (SSSR count). The standard InChI is InChI=1S/C16H20N6O4/c1-20-7-10(6-17-20)21-5-3-12(14(21)23)22-8-13(18-19-22)16(24)4-2-11-9-25-15(16)26-11/h6-8,11-12,15,24H,2-5,9H2,1H3/t11-,12?,15+,16?/m0/s1. The second-order valence-corrected chi connectivity index (χ2v) is 7.14. The van der Waals surface area contributed by atoms with E-state index in [0.29, 0.717) is 38.1 Å². The molecule has 0 aromatic carbocycles. The highest BCUT2D eigenvalue weighted by Gasteiger charge is 2.51. The van der Waals surface area contributed by atoms with Gasteiger partial charge in [-0.2, -0.15) is 5.10 Å². The Kier molecular flexibility index (Phi) is 3.43. The van der Waals surface area contributed by atoms with Crippen LogP contribution in [0.15, 0.2) is 18.6 Å². The van der Waals surface area contributed by atoms with Gasteiger partial charge in [0.1, 0.15) is 11.7 Å². The third kappa shape index (κ3) is 2.29. The number of carbonyl (C=O) groups is 1. The van der Waals surface area contributed by atoms with Gasteiger partial charge in [-0.05, 0) is 19.3 Å². The summed E-state index contributed by atoms with van der Waals surface area (Å²) in [6.07, 6.45) is 6.26. The molecule has 2 aromatic rings. The quantitative estimate of drug-likeness (QED) is 0.801. The normalized spacial score (nSPS) is 34.0. The molecule has 10 heteroatoms. The number of amides is 1. The predicted octanol–water partition coefficient (Wildman–Crippen LogP) is -0.288. The molecule has 2 aromatic heterocycles. The van der Waals surface area contributed by atoms with Crippen LogP contribution in [0.1, 0.15) is 31.0 Å². The third-order valence-corrected chi connectivity index (χ3v) is 5.44. The number of hydrogen-bond donors (Lipinski definition) is 1. The van der Waals surface area contributed by atoms with Crippen molar-refractivity contribution in [1.29, 1.82) is 0 Å². The van der Waals surface area contributed by atoms with Gasteiger partial charge in [-0.3, -0.25) is 9.48 Å². The molecular weight excluding hydrogens is 340 g/mol. The zero-order valence-electron chi connectivity index (χ0n) is 14.4. The molecule has 10 nitrogen and oxygen atoms in total. The number of carbonyl (C=O) groups excluding carboxylic acids is 1. The predicted molar refractivity (Wildman–Crippen MR) is 87.0 cm³/mol. The molecule has 3 aliphatic rings. The van der Waals surface area contributed by atoms with Crippen molar-refractivity contribution in [2.75, 3.05) is 18.1 Å². The van der Waals surface area contributed by atoms with E-state index in [4.69, 9.17) is 9.47 Å². The maximum absolute atomic E-state index is 12.8. The van der Waals surface area contributed by atoms with Gasteiger partial charge in [0.05, 0.1) is 30.8 Å². The first-order valence-electron chi connectivity index (χ1n) is 8.76. The SMILES string of the molecule is Cn1cc(N2CCC(n3cc(C4(O)CC[C@H]5CO[C@@H]4O5)nn3)C2=O)cn1. The highest BCUT2D eigenvalue weighted by molar-refractivity contribution is 5.98. The van der Waals surface area contributed by atoms with E-state index in [9.17, 15) is 9.90 Å². The number of fused-ring (bicyclic) bond motifs is 2. The van der Waals surface area contributed by atoms with Crippen LogP contribution in [0.4, 0.5) is 5.69 Å². The fourth-order valence-electron chi connectivity index (χ4n) is 3.94. The summed E-state index contributed by atoms with van der Waals surface area (Å²) in [6.45, 7) is 1.08. The Bertz CT molecular complexity index is 849. The van der Waals surface area contributed by atoms with Crippen LogP contribution in [0.25, 0.3) is 0 Å². The zero-order valence-corrected chi connectivity index (χ0v) is 14.4. The average molecular weight is 360 g/mol. The van der Waals surface area contributed by atoms with Crippen molar-refractivity contribution in [3.8, 4) is 0 Å². The molecule has 1 amide bonds. The van der Waals surface area contributed by atoms with Gasteiger partial charge in [0, 0.05) is 19.8 Å². The van der Waals surface area contributed by atoms with Crippen LogP contribution in [-0.2, 0) is 26.9 Å². The average Bonchev–Trinajstić information content (AvgIpc) is 3.38. The van der Waals surface area contributed by atoms with Gasteiger partial charge in [-0.1, -0.05) is 5.21 Å². The maximum atomic E-state index is 12.8. The molecule has 5 heterocycles. The molecule has 0 radical (unpaired) electrons. The summed E-state index contributed by atoms with van der Waals surface area (Å²) in [4.78, 5) is 14.5. The van der Waals surface area contributed by atoms with Crippen LogP contribution >= 0.6 is 0 Å². The topological polar surface area (TPSA) is 108 Å².